The van der Waals surface area contributed by atoms with Crippen molar-refractivity contribution in [3.8, 4) is 5.75 Å². The monoisotopic (exact) mass is 340 g/mol. The zero-order valence-corrected chi connectivity index (χ0v) is 15.1. The van der Waals surface area contributed by atoms with E-state index in [0.29, 0.717) is 18.0 Å². The van der Waals surface area contributed by atoms with Gasteiger partial charge in [-0.1, -0.05) is 24.3 Å². The molecule has 5 nitrogen and oxygen atoms in total. The zero-order chi connectivity index (χ0) is 18.4. The first kappa shape index (κ1) is 18.5. The summed E-state index contributed by atoms with van der Waals surface area (Å²) in [5, 5.41) is 2.83. The topological polar surface area (TPSA) is 58.6 Å². The average Bonchev–Trinajstić information content (AvgIpc) is 2.57. The van der Waals surface area contributed by atoms with Crippen molar-refractivity contribution in [3.63, 3.8) is 0 Å². The second-order valence-corrected chi connectivity index (χ2v) is 5.80. The number of amides is 2. The molecule has 0 saturated heterocycles. The normalized spacial score (nSPS) is 10.2. The van der Waals surface area contributed by atoms with Gasteiger partial charge in [-0.05, 0) is 50.1 Å². The lowest BCUT2D eigenvalue weighted by Crippen LogP contribution is -2.37. The number of nitrogens with one attached hydrogen (secondary N) is 1. The fraction of sp³-hybridized carbons (Fsp3) is 0.300. The first-order valence-corrected chi connectivity index (χ1v) is 8.30. The molecule has 0 aromatic heterocycles. The van der Waals surface area contributed by atoms with Gasteiger partial charge in [0.25, 0.3) is 0 Å². The van der Waals surface area contributed by atoms with E-state index < -0.39 is 0 Å². The molecule has 2 aromatic carbocycles. The minimum Gasteiger partial charge on any atom is -0.492 e. The second kappa shape index (κ2) is 8.33. The molecule has 0 heterocycles. The lowest BCUT2D eigenvalue weighted by Gasteiger charge is -2.23. The Balaban J connectivity index is 2.19. The van der Waals surface area contributed by atoms with Crippen molar-refractivity contribution >= 4 is 23.2 Å². The molecule has 0 aliphatic rings. The maximum atomic E-state index is 12.5. The molecular weight excluding hydrogens is 316 g/mol. The Morgan fingerprint density at radius 2 is 1.80 bits per heavy atom. The highest BCUT2D eigenvalue weighted by atomic mass is 16.5. The molecule has 2 aromatic rings. The molecule has 0 saturated carbocycles. The SMILES string of the molecule is CCOc1ccccc1NC(=O)CN(C(C)=O)c1cccc(C)c1C. The van der Waals surface area contributed by atoms with Crippen LogP contribution in [0, 0.1) is 13.8 Å². The largest absolute Gasteiger partial charge is 0.492 e. The van der Waals surface area contributed by atoms with Crippen LogP contribution in [-0.4, -0.2) is 25.0 Å². The minimum absolute atomic E-state index is 0.0555. The molecule has 0 radical (unpaired) electrons. The number of hydrogen-bond donors (Lipinski definition) is 1. The second-order valence-electron chi connectivity index (χ2n) is 5.80. The van der Waals surface area contributed by atoms with E-state index in [4.69, 9.17) is 4.74 Å². The zero-order valence-electron chi connectivity index (χ0n) is 15.1. The molecule has 0 aliphatic carbocycles. The highest BCUT2D eigenvalue weighted by Gasteiger charge is 2.19. The van der Waals surface area contributed by atoms with Gasteiger partial charge in [-0.3, -0.25) is 9.59 Å². The molecule has 2 amide bonds. The van der Waals surface area contributed by atoms with Gasteiger partial charge in [-0.15, -0.1) is 0 Å². The first-order valence-electron chi connectivity index (χ1n) is 8.30. The van der Waals surface area contributed by atoms with Crippen LogP contribution in [0.15, 0.2) is 42.5 Å². The smallest absolute Gasteiger partial charge is 0.244 e. The van der Waals surface area contributed by atoms with Crippen molar-refractivity contribution in [1.29, 1.82) is 0 Å². The standard InChI is InChI=1S/C20H24N2O3/c1-5-25-19-12-7-6-10-17(19)21-20(24)13-22(16(4)23)18-11-8-9-14(2)15(18)3/h6-12H,5,13H2,1-4H3,(H,21,24). The van der Waals surface area contributed by atoms with Crippen LogP contribution in [0.5, 0.6) is 5.75 Å². The van der Waals surface area contributed by atoms with E-state index in [1.807, 2.05) is 51.1 Å². The Morgan fingerprint density at radius 1 is 1.08 bits per heavy atom. The van der Waals surface area contributed by atoms with Gasteiger partial charge in [-0.2, -0.15) is 0 Å². The van der Waals surface area contributed by atoms with Crippen molar-refractivity contribution in [2.24, 2.45) is 0 Å². The number of para-hydroxylation sites is 2. The number of benzene rings is 2. The Kier molecular flexibility index (Phi) is 6.17. The molecule has 0 aliphatic heterocycles. The maximum Gasteiger partial charge on any atom is 0.244 e. The fourth-order valence-electron chi connectivity index (χ4n) is 2.58. The number of carbonyl (C=O) groups excluding carboxylic acids is 2. The molecule has 0 spiro atoms. The summed E-state index contributed by atoms with van der Waals surface area (Å²) in [5.41, 5.74) is 3.41. The molecule has 0 unspecified atom stereocenters. The van der Waals surface area contributed by atoms with Crippen LogP contribution in [0.3, 0.4) is 0 Å². The van der Waals surface area contributed by atoms with E-state index in [1.165, 1.54) is 11.8 Å². The highest BCUT2D eigenvalue weighted by Crippen LogP contribution is 2.25. The molecule has 132 valence electrons. The Bertz CT molecular complexity index is 771. The number of ether oxygens (including phenoxy) is 1. The van der Waals surface area contributed by atoms with E-state index in [1.54, 1.807) is 12.1 Å². The van der Waals surface area contributed by atoms with Gasteiger partial charge in [-0.25, -0.2) is 0 Å². The summed E-state index contributed by atoms with van der Waals surface area (Å²) >= 11 is 0. The summed E-state index contributed by atoms with van der Waals surface area (Å²) in [6.07, 6.45) is 0. The van der Waals surface area contributed by atoms with Crippen molar-refractivity contribution in [2.45, 2.75) is 27.7 Å². The van der Waals surface area contributed by atoms with Gasteiger partial charge in [0.05, 0.1) is 12.3 Å². The molecular formula is C20H24N2O3. The van der Waals surface area contributed by atoms with Gasteiger partial charge < -0.3 is 15.0 Å². The van der Waals surface area contributed by atoms with Crippen LogP contribution < -0.4 is 15.0 Å². The van der Waals surface area contributed by atoms with E-state index in [2.05, 4.69) is 5.32 Å². The number of rotatable bonds is 6. The molecule has 0 atom stereocenters. The van der Waals surface area contributed by atoms with Crippen LogP contribution in [0.1, 0.15) is 25.0 Å². The first-order chi connectivity index (χ1) is 11.9. The summed E-state index contributed by atoms with van der Waals surface area (Å²) in [6, 6.07) is 13.0. The van der Waals surface area contributed by atoms with Crippen LogP contribution in [0.2, 0.25) is 0 Å². The van der Waals surface area contributed by atoms with Gasteiger partial charge in [0.15, 0.2) is 0 Å². The summed E-state index contributed by atoms with van der Waals surface area (Å²) in [7, 11) is 0. The van der Waals surface area contributed by atoms with Crippen LogP contribution >= 0.6 is 0 Å². The highest BCUT2D eigenvalue weighted by molar-refractivity contribution is 6.02. The van der Waals surface area contributed by atoms with Gasteiger partial charge in [0.1, 0.15) is 12.3 Å². The Hall–Kier alpha value is -2.82. The van der Waals surface area contributed by atoms with Crippen LogP contribution in [0.4, 0.5) is 11.4 Å². The molecule has 0 bridgehead atoms. The average molecular weight is 340 g/mol. The summed E-state index contributed by atoms with van der Waals surface area (Å²) in [4.78, 5) is 26.1. The van der Waals surface area contributed by atoms with Crippen LogP contribution in [-0.2, 0) is 9.59 Å². The predicted octanol–water partition coefficient (Wildman–Crippen LogP) is 3.69. The molecule has 0 fully saturated rings. The van der Waals surface area contributed by atoms with Crippen molar-refractivity contribution in [2.75, 3.05) is 23.4 Å². The Morgan fingerprint density at radius 3 is 2.48 bits per heavy atom. The number of hydrogen-bond acceptors (Lipinski definition) is 3. The van der Waals surface area contributed by atoms with E-state index in [0.717, 1.165) is 16.8 Å². The quantitative estimate of drug-likeness (QED) is 0.872. The number of aryl methyl sites for hydroxylation is 1. The number of carbonyl (C=O) groups is 2. The maximum absolute atomic E-state index is 12.5. The van der Waals surface area contributed by atoms with Gasteiger partial charge >= 0.3 is 0 Å². The van der Waals surface area contributed by atoms with Crippen LogP contribution in [0.25, 0.3) is 0 Å². The van der Waals surface area contributed by atoms with E-state index in [-0.39, 0.29) is 18.4 Å². The van der Waals surface area contributed by atoms with Crippen molar-refractivity contribution < 1.29 is 14.3 Å². The van der Waals surface area contributed by atoms with E-state index >= 15 is 0 Å². The van der Waals surface area contributed by atoms with E-state index in [9.17, 15) is 9.59 Å². The summed E-state index contributed by atoms with van der Waals surface area (Å²) in [6.45, 7) is 7.73. The Labute approximate surface area is 148 Å². The summed E-state index contributed by atoms with van der Waals surface area (Å²) < 4.78 is 5.51. The van der Waals surface area contributed by atoms with Crippen molar-refractivity contribution in [3.05, 3.63) is 53.6 Å². The molecule has 2 rings (SSSR count). The molecule has 25 heavy (non-hydrogen) atoms. The lowest BCUT2D eigenvalue weighted by molar-refractivity contribution is -0.120. The molecule has 1 N–H and O–H groups in total. The minimum atomic E-state index is -0.275. The summed E-state index contributed by atoms with van der Waals surface area (Å²) in [5.74, 6) is 0.157. The number of nitrogens with zero attached hydrogens (tertiary/aromatic N) is 1. The van der Waals surface area contributed by atoms with Gasteiger partial charge in [0, 0.05) is 12.6 Å². The van der Waals surface area contributed by atoms with Crippen molar-refractivity contribution in [1.82, 2.24) is 0 Å². The fourth-order valence-corrected chi connectivity index (χ4v) is 2.58. The third kappa shape index (κ3) is 4.59. The predicted molar refractivity (Wildman–Crippen MR) is 100 cm³/mol. The lowest BCUT2D eigenvalue weighted by atomic mass is 10.1. The third-order valence-corrected chi connectivity index (χ3v) is 4.01. The molecule has 5 heteroatoms. The van der Waals surface area contributed by atoms with Gasteiger partial charge in [0.2, 0.25) is 11.8 Å². The number of anilines is 2. The third-order valence-electron chi connectivity index (χ3n) is 4.01.